The maximum atomic E-state index is 10.7. The fraction of sp³-hybridized carbons (Fsp3) is 0.250. The molecule has 0 aliphatic heterocycles. The van der Waals surface area contributed by atoms with Gasteiger partial charge >= 0.3 is 6.09 Å². The summed E-state index contributed by atoms with van der Waals surface area (Å²) in [6.45, 7) is 8.50. The molecule has 0 radical (unpaired) electrons. The average Bonchev–Trinajstić information content (AvgIpc) is 3.08. The maximum absolute atomic E-state index is 10.7. The average molecular weight is 350 g/mol. The van der Waals surface area contributed by atoms with Gasteiger partial charge in [0.15, 0.2) is 0 Å². The predicted octanol–water partition coefficient (Wildman–Crippen LogP) is 3.94. The number of rotatable bonds is 4. The highest BCUT2D eigenvalue weighted by Gasteiger charge is 2.11. The summed E-state index contributed by atoms with van der Waals surface area (Å²) < 4.78 is 0. The number of amides is 1. The van der Waals surface area contributed by atoms with Gasteiger partial charge in [-0.3, -0.25) is 0 Å². The summed E-state index contributed by atoms with van der Waals surface area (Å²) in [7, 11) is 0. The summed E-state index contributed by atoms with van der Waals surface area (Å²) in [5, 5.41) is 20.2. The molecule has 3 rings (SSSR count). The summed E-state index contributed by atoms with van der Waals surface area (Å²) >= 11 is 0. The van der Waals surface area contributed by atoms with Crippen molar-refractivity contribution in [2.24, 2.45) is 0 Å². The van der Waals surface area contributed by atoms with Crippen molar-refractivity contribution in [3.05, 3.63) is 64.3 Å². The lowest BCUT2D eigenvalue weighted by molar-refractivity contribution is 0.194. The Kier molecular flexibility index (Phi) is 4.75. The number of carbonyl (C=O) groups is 1. The maximum Gasteiger partial charge on any atom is 0.404 e. The molecule has 0 fully saturated rings. The first-order chi connectivity index (χ1) is 12.4. The van der Waals surface area contributed by atoms with E-state index in [1.807, 2.05) is 25.1 Å². The second-order valence-electron chi connectivity index (χ2n) is 6.47. The molecule has 0 aliphatic carbocycles. The molecule has 2 N–H and O–H groups in total. The lowest BCUT2D eigenvalue weighted by Crippen LogP contribution is -2.20. The molecule has 1 aromatic heterocycles. The molecule has 0 saturated carbocycles. The zero-order valence-electron chi connectivity index (χ0n) is 15.4. The monoisotopic (exact) mass is 350 g/mol. The van der Waals surface area contributed by atoms with E-state index >= 15 is 0 Å². The topological polar surface area (TPSA) is 80.0 Å². The third kappa shape index (κ3) is 3.44. The van der Waals surface area contributed by atoms with Gasteiger partial charge in [0.25, 0.3) is 0 Å². The fourth-order valence-electron chi connectivity index (χ4n) is 2.89. The summed E-state index contributed by atoms with van der Waals surface area (Å²) in [6.07, 6.45) is 0.714. The van der Waals surface area contributed by atoms with Gasteiger partial charge in [-0.05, 0) is 67.6 Å². The van der Waals surface area contributed by atoms with Gasteiger partial charge in [-0.1, -0.05) is 18.2 Å². The van der Waals surface area contributed by atoms with Gasteiger partial charge in [0.1, 0.15) is 5.69 Å². The van der Waals surface area contributed by atoms with E-state index in [0.29, 0.717) is 0 Å². The van der Waals surface area contributed by atoms with Crippen LogP contribution < -0.4 is 5.32 Å². The van der Waals surface area contributed by atoms with Crippen LogP contribution in [-0.2, 0) is 6.54 Å². The van der Waals surface area contributed by atoms with Crippen LogP contribution in [0.25, 0.3) is 16.9 Å². The number of hydrogen-bond donors (Lipinski definition) is 2. The molecular formula is C20H22N4O2. The van der Waals surface area contributed by atoms with Crippen LogP contribution in [0.2, 0.25) is 0 Å². The smallest absolute Gasteiger partial charge is 0.404 e. The Labute approximate surface area is 152 Å². The first-order valence-corrected chi connectivity index (χ1v) is 8.43. The molecule has 1 heterocycles. The zero-order chi connectivity index (χ0) is 18.8. The lowest BCUT2D eigenvalue weighted by atomic mass is 9.97. The van der Waals surface area contributed by atoms with Gasteiger partial charge in [0.05, 0.1) is 11.9 Å². The van der Waals surface area contributed by atoms with Crippen molar-refractivity contribution in [2.45, 2.75) is 34.2 Å². The quantitative estimate of drug-likeness (QED) is 0.747. The van der Waals surface area contributed by atoms with Gasteiger partial charge in [-0.15, -0.1) is 5.10 Å². The number of aryl methyl sites for hydroxylation is 2. The van der Waals surface area contributed by atoms with E-state index in [9.17, 15) is 4.79 Å². The van der Waals surface area contributed by atoms with Crippen LogP contribution in [0.1, 0.15) is 27.8 Å². The molecule has 0 bridgehead atoms. The molecular weight excluding hydrogens is 328 g/mol. The molecule has 6 heteroatoms. The summed E-state index contributed by atoms with van der Waals surface area (Å²) in [5.41, 5.74) is 8.31. The van der Waals surface area contributed by atoms with Crippen molar-refractivity contribution in [3.8, 4) is 16.9 Å². The van der Waals surface area contributed by atoms with E-state index < -0.39 is 6.09 Å². The normalized spacial score (nSPS) is 10.8. The van der Waals surface area contributed by atoms with Crippen molar-refractivity contribution in [1.82, 2.24) is 20.3 Å². The Morgan fingerprint density at radius 3 is 2.54 bits per heavy atom. The van der Waals surface area contributed by atoms with Gasteiger partial charge in [-0.25, -0.2) is 4.79 Å². The highest BCUT2D eigenvalue weighted by atomic mass is 16.4. The minimum Gasteiger partial charge on any atom is -0.465 e. The number of benzene rings is 2. The molecule has 134 valence electrons. The van der Waals surface area contributed by atoms with E-state index in [1.54, 1.807) is 11.0 Å². The van der Waals surface area contributed by atoms with E-state index in [0.717, 1.165) is 28.1 Å². The number of hydrogen-bond acceptors (Lipinski definition) is 3. The van der Waals surface area contributed by atoms with E-state index in [-0.39, 0.29) is 6.54 Å². The standard InChI is InChI=1S/C20H22N4O2/c1-12-6-8-18(15(4)14(12)3)19-11-22-24(23-19)17-7-5-13(2)16(9-17)10-21-20(25)26/h5-9,11,21H,10H2,1-4H3,(H,25,26). The largest absolute Gasteiger partial charge is 0.465 e. The van der Waals surface area contributed by atoms with Crippen LogP contribution in [0.4, 0.5) is 4.79 Å². The van der Waals surface area contributed by atoms with E-state index in [4.69, 9.17) is 5.11 Å². The van der Waals surface area contributed by atoms with E-state index in [1.165, 1.54) is 16.7 Å². The van der Waals surface area contributed by atoms with Crippen LogP contribution in [-0.4, -0.2) is 26.2 Å². The van der Waals surface area contributed by atoms with Gasteiger partial charge in [0, 0.05) is 12.1 Å². The first-order valence-electron chi connectivity index (χ1n) is 8.43. The second kappa shape index (κ2) is 7.00. The SMILES string of the molecule is Cc1ccc(-n2ncc(-c3ccc(C)c(C)c3C)n2)cc1CNC(=O)O. The molecule has 1 amide bonds. The van der Waals surface area contributed by atoms with Crippen molar-refractivity contribution in [3.63, 3.8) is 0 Å². The summed E-state index contributed by atoms with van der Waals surface area (Å²) in [6, 6.07) is 9.94. The second-order valence-corrected chi connectivity index (χ2v) is 6.47. The van der Waals surface area contributed by atoms with Gasteiger partial charge in [0.2, 0.25) is 0 Å². The van der Waals surface area contributed by atoms with Gasteiger partial charge < -0.3 is 10.4 Å². The van der Waals surface area contributed by atoms with Crippen molar-refractivity contribution < 1.29 is 9.90 Å². The zero-order valence-corrected chi connectivity index (χ0v) is 15.4. The first kappa shape index (κ1) is 17.7. The Morgan fingerprint density at radius 2 is 1.81 bits per heavy atom. The lowest BCUT2D eigenvalue weighted by Gasteiger charge is -2.09. The van der Waals surface area contributed by atoms with Crippen molar-refractivity contribution in [2.75, 3.05) is 0 Å². The molecule has 6 nitrogen and oxygen atoms in total. The van der Waals surface area contributed by atoms with Crippen LogP contribution in [0.5, 0.6) is 0 Å². The van der Waals surface area contributed by atoms with Crippen LogP contribution in [0.15, 0.2) is 36.5 Å². The molecule has 0 spiro atoms. The number of aromatic nitrogens is 3. The van der Waals surface area contributed by atoms with Crippen LogP contribution >= 0.6 is 0 Å². The highest BCUT2D eigenvalue weighted by Crippen LogP contribution is 2.26. The number of nitrogens with zero attached hydrogens (tertiary/aromatic N) is 3. The molecule has 0 saturated heterocycles. The van der Waals surface area contributed by atoms with Crippen LogP contribution in [0.3, 0.4) is 0 Å². The minimum atomic E-state index is -1.04. The minimum absolute atomic E-state index is 0.249. The van der Waals surface area contributed by atoms with E-state index in [2.05, 4.69) is 48.4 Å². The Hall–Kier alpha value is -3.15. The fourth-order valence-corrected chi connectivity index (χ4v) is 2.89. The third-order valence-electron chi connectivity index (χ3n) is 4.82. The number of carboxylic acid groups (broad SMARTS) is 1. The third-order valence-corrected chi connectivity index (χ3v) is 4.82. The molecule has 3 aromatic rings. The number of nitrogens with one attached hydrogen (secondary N) is 1. The van der Waals surface area contributed by atoms with Gasteiger partial charge in [-0.2, -0.15) is 9.90 Å². The molecule has 2 aromatic carbocycles. The van der Waals surface area contributed by atoms with Crippen molar-refractivity contribution >= 4 is 6.09 Å². The molecule has 26 heavy (non-hydrogen) atoms. The Balaban J connectivity index is 1.94. The highest BCUT2D eigenvalue weighted by molar-refractivity contribution is 5.65. The van der Waals surface area contributed by atoms with Crippen LogP contribution in [0, 0.1) is 27.7 Å². The Bertz CT molecular complexity index is 976. The molecule has 0 aliphatic rings. The predicted molar refractivity (Wildman–Crippen MR) is 101 cm³/mol. The van der Waals surface area contributed by atoms with Crippen molar-refractivity contribution in [1.29, 1.82) is 0 Å². The summed E-state index contributed by atoms with van der Waals surface area (Å²) in [5.74, 6) is 0. The molecule has 0 unspecified atom stereocenters. The summed E-state index contributed by atoms with van der Waals surface area (Å²) in [4.78, 5) is 12.3. The molecule has 0 atom stereocenters. The Morgan fingerprint density at radius 1 is 1.08 bits per heavy atom.